The molecule has 0 saturated carbocycles. The van der Waals surface area contributed by atoms with Crippen LogP contribution in [0.4, 0.5) is 17.6 Å². The van der Waals surface area contributed by atoms with E-state index in [1.807, 2.05) is 13.8 Å². The Morgan fingerprint density at radius 3 is 1.88 bits per heavy atom. The average molecular weight is 471 g/mol. The van der Waals surface area contributed by atoms with Crippen molar-refractivity contribution in [2.45, 2.75) is 38.9 Å². The zero-order valence-electron chi connectivity index (χ0n) is 19.1. The summed E-state index contributed by atoms with van der Waals surface area (Å²) in [6, 6.07) is 12.5. The number of aryl methyl sites for hydroxylation is 1. The average Bonchev–Trinajstić information content (AvgIpc) is 2.85. The molecule has 1 heterocycles. The Labute approximate surface area is 196 Å². The van der Waals surface area contributed by atoms with Crippen LogP contribution >= 0.6 is 0 Å². The fraction of sp³-hybridized carbons (Fsp3) is 0.286. The predicted molar refractivity (Wildman–Crippen MR) is 124 cm³/mol. The molecule has 0 amide bonds. The van der Waals surface area contributed by atoms with Crippen LogP contribution in [0.3, 0.4) is 0 Å². The first-order valence-corrected chi connectivity index (χ1v) is 11.4. The van der Waals surface area contributed by atoms with Crippen LogP contribution in [0.5, 0.6) is 0 Å². The van der Waals surface area contributed by atoms with E-state index in [9.17, 15) is 17.6 Å². The first-order valence-electron chi connectivity index (χ1n) is 11.4. The van der Waals surface area contributed by atoms with Crippen LogP contribution in [0, 0.1) is 23.3 Å². The van der Waals surface area contributed by atoms with Crippen LogP contribution in [0.1, 0.15) is 37.3 Å². The van der Waals surface area contributed by atoms with Gasteiger partial charge in [0.1, 0.15) is 0 Å². The maximum absolute atomic E-state index is 15.0. The lowest BCUT2D eigenvalue weighted by molar-refractivity contribution is -0.159. The molecule has 1 aliphatic heterocycles. The van der Waals surface area contributed by atoms with E-state index in [0.29, 0.717) is 29.5 Å². The number of rotatable bonds is 6. The molecule has 178 valence electrons. The maximum atomic E-state index is 15.0. The number of hydrogen-bond donors (Lipinski definition) is 0. The number of allylic oxidation sites excluding steroid dienone is 1. The Hall–Kier alpha value is -2.96. The van der Waals surface area contributed by atoms with Crippen LogP contribution in [0.25, 0.3) is 22.3 Å². The Bertz CT molecular complexity index is 1180. The molecule has 0 unspecified atom stereocenters. The van der Waals surface area contributed by atoms with Crippen molar-refractivity contribution in [2.75, 3.05) is 13.2 Å². The number of ether oxygens (including phenoxy) is 2. The molecular formula is C28H26F4O2. The fourth-order valence-electron chi connectivity index (χ4n) is 4.17. The zero-order valence-corrected chi connectivity index (χ0v) is 19.1. The summed E-state index contributed by atoms with van der Waals surface area (Å²) in [6.45, 7) is 4.18. The highest BCUT2D eigenvalue weighted by atomic mass is 19.2. The van der Waals surface area contributed by atoms with Crippen molar-refractivity contribution in [3.63, 3.8) is 0 Å². The highest BCUT2D eigenvalue weighted by Crippen LogP contribution is 2.33. The molecule has 4 rings (SSSR count). The molecule has 1 saturated heterocycles. The predicted octanol–water partition coefficient (Wildman–Crippen LogP) is 7.56. The Balaban J connectivity index is 1.57. The van der Waals surface area contributed by atoms with E-state index in [2.05, 4.69) is 0 Å². The van der Waals surface area contributed by atoms with Gasteiger partial charge in [-0.05, 0) is 41.7 Å². The lowest BCUT2D eigenvalue weighted by Gasteiger charge is -2.28. The Morgan fingerprint density at radius 1 is 0.765 bits per heavy atom. The van der Waals surface area contributed by atoms with E-state index in [1.54, 1.807) is 48.6 Å². The number of benzene rings is 3. The number of hydrogen-bond acceptors (Lipinski definition) is 2. The van der Waals surface area contributed by atoms with Gasteiger partial charge in [0.25, 0.3) is 0 Å². The van der Waals surface area contributed by atoms with Gasteiger partial charge in [-0.15, -0.1) is 0 Å². The third kappa shape index (κ3) is 4.79. The van der Waals surface area contributed by atoms with Crippen LogP contribution < -0.4 is 0 Å². The fourth-order valence-corrected chi connectivity index (χ4v) is 4.17. The molecule has 0 atom stereocenters. The summed E-state index contributed by atoms with van der Waals surface area (Å²) < 4.78 is 69.9. The Morgan fingerprint density at radius 2 is 1.32 bits per heavy atom. The van der Waals surface area contributed by atoms with E-state index in [0.717, 1.165) is 0 Å². The molecule has 0 aliphatic carbocycles. The molecule has 1 fully saturated rings. The van der Waals surface area contributed by atoms with Gasteiger partial charge in [0, 0.05) is 17.0 Å². The van der Waals surface area contributed by atoms with Gasteiger partial charge in [0.05, 0.1) is 13.2 Å². The minimum absolute atomic E-state index is 0.0854. The van der Waals surface area contributed by atoms with Gasteiger partial charge in [0.15, 0.2) is 29.6 Å². The van der Waals surface area contributed by atoms with Crippen LogP contribution in [-0.4, -0.2) is 19.5 Å². The molecule has 34 heavy (non-hydrogen) atoms. The van der Waals surface area contributed by atoms with Crippen LogP contribution in [0.15, 0.2) is 60.7 Å². The normalized spacial score (nSPS) is 18.5. The zero-order chi connectivity index (χ0) is 24.2. The molecule has 6 heteroatoms. The van der Waals surface area contributed by atoms with Crippen molar-refractivity contribution in [1.29, 1.82) is 0 Å². The van der Waals surface area contributed by atoms with E-state index < -0.39 is 35.5 Å². The topological polar surface area (TPSA) is 18.5 Å². The lowest BCUT2D eigenvalue weighted by Crippen LogP contribution is -2.30. The Kier molecular flexibility index (Phi) is 7.49. The smallest absolute Gasteiger partial charge is 0.176 e. The summed E-state index contributed by atoms with van der Waals surface area (Å²) in [5, 5.41) is 0. The third-order valence-corrected chi connectivity index (χ3v) is 6.01. The maximum Gasteiger partial charge on any atom is 0.176 e. The van der Waals surface area contributed by atoms with E-state index in [-0.39, 0.29) is 29.9 Å². The molecule has 3 aromatic rings. The summed E-state index contributed by atoms with van der Waals surface area (Å²) in [5.41, 5.74) is 1.62. The molecule has 1 aliphatic rings. The van der Waals surface area contributed by atoms with Gasteiger partial charge >= 0.3 is 0 Å². The SMILES string of the molecule is CC=CC1OCC(c2ccc(-c3ccc(-c4ccc(CCC)c(F)c4F)cc3)c(F)c2F)CO1. The summed E-state index contributed by atoms with van der Waals surface area (Å²) in [4.78, 5) is 0. The van der Waals surface area contributed by atoms with Crippen molar-refractivity contribution in [3.05, 3.63) is 95.1 Å². The van der Waals surface area contributed by atoms with Crippen LogP contribution in [0.2, 0.25) is 0 Å². The van der Waals surface area contributed by atoms with Gasteiger partial charge in [-0.25, -0.2) is 17.6 Å². The van der Waals surface area contributed by atoms with Gasteiger partial charge in [-0.3, -0.25) is 0 Å². The van der Waals surface area contributed by atoms with Crippen molar-refractivity contribution >= 4 is 0 Å². The van der Waals surface area contributed by atoms with E-state index >= 15 is 0 Å². The molecule has 0 N–H and O–H groups in total. The summed E-state index contributed by atoms with van der Waals surface area (Å²) in [7, 11) is 0. The molecule has 0 bridgehead atoms. The first-order chi connectivity index (χ1) is 16.4. The molecule has 2 nitrogen and oxygen atoms in total. The van der Waals surface area contributed by atoms with E-state index in [4.69, 9.17) is 9.47 Å². The monoisotopic (exact) mass is 470 g/mol. The summed E-state index contributed by atoms with van der Waals surface area (Å²) in [5.74, 6) is -4.08. The van der Waals surface area contributed by atoms with Gasteiger partial charge < -0.3 is 9.47 Å². The van der Waals surface area contributed by atoms with E-state index in [1.165, 1.54) is 12.1 Å². The lowest BCUT2D eigenvalue weighted by atomic mass is 9.94. The number of halogens is 4. The highest BCUT2D eigenvalue weighted by molar-refractivity contribution is 5.71. The minimum atomic E-state index is -0.970. The summed E-state index contributed by atoms with van der Waals surface area (Å²) >= 11 is 0. The molecule has 0 spiro atoms. The third-order valence-electron chi connectivity index (χ3n) is 6.01. The van der Waals surface area contributed by atoms with Crippen molar-refractivity contribution in [1.82, 2.24) is 0 Å². The highest BCUT2D eigenvalue weighted by Gasteiger charge is 2.26. The second kappa shape index (κ2) is 10.5. The molecule has 3 aromatic carbocycles. The first kappa shape index (κ1) is 24.2. The second-order valence-corrected chi connectivity index (χ2v) is 8.32. The minimum Gasteiger partial charge on any atom is -0.348 e. The second-order valence-electron chi connectivity index (χ2n) is 8.32. The van der Waals surface area contributed by atoms with Crippen molar-refractivity contribution in [3.8, 4) is 22.3 Å². The largest absolute Gasteiger partial charge is 0.348 e. The molecule has 0 radical (unpaired) electrons. The van der Waals surface area contributed by atoms with Gasteiger partial charge in [0.2, 0.25) is 0 Å². The molecular weight excluding hydrogens is 444 g/mol. The van der Waals surface area contributed by atoms with Crippen molar-refractivity contribution in [2.24, 2.45) is 0 Å². The van der Waals surface area contributed by atoms with Crippen LogP contribution in [-0.2, 0) is 15.9 Å². The van der Waals surface area contributed by atoms with Gasteiger partial charge in [-0.1, -0.05) is 68.0 Å². The van der Waals surface area contributed by atoms with Gasteiger partial charge in [-0.2, -0.15) is 0 Å². The standard InChI is InChI=1S/C28H26F4O2/c1-3-5-19-11-12-21(26(30)25(19)29)17-7-9-18(10-8-17)22-13-14-23(28(32)27(22)31)20-15-33-24(6-4-2)34-16-20/h4,6-14,20,24H,3,5,15-16H2,1-2H3. The molecule has 0 aromatic heterocycles. The summed E-state index contributed by atoms with van der Waals surface area (Å²) in [6.07, 6.45) is 4.24. The quantitative estimate of drug-likeness (QED) is 0.273. The van der Waals surface area contributed by atoms with Crippen molar-refractivity contribution < 1.29 is 27.0 Å².